The summed E-state index contributed by atoms with van der Waals surface area (Å²) in [6.45, 7) is 4.92. The van der Waals surface area contributed by atoms with Crippen LogP contribution >= 0.6 is 0 Å². The zero-order valence-electron chi connectivity index (χ0n) is 11.1. The van der Waals surface area contributed by atoms with Crippen molar-refractivity contribution in [3.63, 3.8) is 0 Å². The van der Waals surface area contributed by atoms with E-state index in [-0.39, 0.29) is 6.04 Å². The maximum atomic E-state index is 5.37. The summed E-state index contributed by atoms with van der Waals surface area (Å²) in [5.74, 6) is 1.86. The van der Waals surface area contributed by atoms with E-state index in [1.807, 2.05) is 18.2 Å². The van der Waals surface area contributed by atoms with Crippen molar-refractivity contribution in [1.29, 1.82) is 0 Å². The first-order chi connectivity index (χ1) is 8.70. The molecule has 2 aromatic rings. The number of aryl methyl sites for hydroxylation is 1. The molecule has 1 heterocycles. The van der Waals surface area contributed by atoms with E-state index < -0.39 is 0 Å². The van der Waals surface area contributed by atoms with Gasteiger partial charge >= 0.3 is 0 Å². The van der Waals surface area contributed by atoms with Crippen LogP contribution in [0.5, 0.6) is 5.75 Å². The predicted octanol–water partition coefficient (Wildman–Crippen LogP) is 3.45. The predicted molar refractivity (Wildman–Crippen MR) is 71.7 cm³/mol. The molecule has 0 aliphatic carbocycles. The first-order valence-electron chi connectivity index (χ1n) is 6.11. The third kappa shape index (κ3) is 2.93. The normalized spacial score (nSPS) is 12.4. The lowest BCUT2D eigenvalue weighted by Crippen LogP contribution is -2.18. The Bertz CT molecular complexity index is 491. The Labute approximate surface area is 108 Å². The fourth-order valence-corrected chi connectivity index (χ4v) is 1.95. The van der Waals surface area contributed by atoms with Crippen molar-refractivity contribution in [2.75, 3.05) is 7.11 Å². The van der Waals surface area contributed by atoms with Crippen molar-refractivity contribution in [2.24, 2.45) is 0 Å². The molecule has 96 valence electrons. The molecule has 0 aliphatic heterocycles. The molecule has 18 heavy (non-hydrogen) atoms. The number of hydrogen-bond acceptors (Lipinski definition) is 3. The summed E-state index contributed by atoms with van der Waals surface area (Å²) >= 11 is 0. The molecule has 0 bridgehead atoms. The van der Waals surface area contributed by atoms with Gasteiger partial charge in [-0.3, -0.25) is 0 Å². The molecule has 3 heteroatoms. The van der Waals surface area contributed by atoms with Crippen LogP contribution in [0.15, 0.2) is 41.0 Å². The second kappa shape index (κ2) is 5.74. The van der Waals surface area contributed by atoms with Gasteiger partial charge in [-0.05, 0) is 32.0 Å². The van der Waals surface area contributed by atoms with Crippen molar-refractivity contribution in [3.05, 3.63) is 53.5 Å². The van der Waals surface area contributed by atoms with Gasteiger partial charge in [0.15, 0.2) is 0 Å². The minimum atomic E-state index is 0.185. The molecule has 0 saturated carbocycles. The van der Waals surface area contributed by atoms with Gasteiger partial charge in [-0.2, -0.15) is 0 Å². The molecule has 1 atom stereocenters. The summed E-state index contributed by atoms with van der Waals surface area (Å²) < 4.78 is 10.7. The summed E-state index contributed by atoms with van der Waals surface area (Å²) in [6.07, 6.45) is 1.70. The van der Waals surface area contributed by atoms with Crippen molar-refractivity contribution >= 4 is 0 Å². The molecule has 0 radical (unpaired) electrons. The monoisotopic (exact) mass is 245 g/mol. The highest BCUT2D eigenvalue weighted by molar-refractivity contribution is 5.36. The first kappa shape index (κ1) is 12.7. The van der Waals surface area contributed by atoms with Crippen LogP contribution in [0.4, 0.5) is 0 Å². The first-order valence-corrected chi connectivity index (χ1v) is 6.11. The van der Waals surface area contributed by atoms with Crippen LogP contribution in [0.2, 0.25) is 0 Å². The average Bonchev–Trinajstić information content (AvgIpc) is 2.90. The van der Waals surface area contributed by atoms with Crippen LogP contribution in [0.1, 0.15) is 29.9 Å². The second-order valence-corrected chi connectivity index (χ2v) is 4.43. The second-order valence-electron chi connectivity index (χ2n) is 4.43. The Morgan fingerprint density at radius 3 is 2.83 bits per heavy atom. The smallest absolute Gasteiger partial charge is 0.123 e. The zero-order chi connectivity index (χ0) is 13.0. The SMILES string of the molecule is COc1ccc(C)cc1CNC(C)c1ccco1. The van der Waals surface area contributed by atoms with Gasteiger partial charge in [-0.25, -0.2) is 0 Å². The van der Waals surface area contributed by atoms with Crippen LogP contribution in [-0.4, -0.2) is 7.11 Å². The number of nitrogens with one attached hydrogen (secondary N) is 1. The van der Waals surface area contributed by atoms with Gasteiger partial charge in [0.2, 0.25) is 0 Å². The third-order valence-corrected chi connectivity index (χ3v) is 3.00. The van der Waals surface area contributed by atoms with E-state index in [9.17, 15) is 0 Å². The molecule has 0 amide bonds. The van der Waals surface area contributed by atoms with Crippen LogP contribution in [0.25, 0.3) is 0 Å². The Hall–Kier alpha value is -1.74. The van der Waals surface area contributed by atoms with E-state index in [2.05, 4.69) is 31.3 Å². The van der Waals surface area contributed by atoms with E-state index in [0.29, 0.717) is 0 Å². The molecule has 1 N–H and O–H groups in total. The Kier molecular flexibility index (Phi) is 4.05. The molecule has 0 spiro atoms. The molecule has 1 aromatic carbocycles. The third-order valence-electron chi connectivity index (χ3n) is 3.00. The summed E-state index contributed by atoms with van der Waals surface area (Å²) in [5, 5.41) is 3.43. The Morgan fingerprint density at radius 2 is 2.17 bits per heavy atom. The maximum Gasteiger partial charge on any atom is 0.123 e. The summed E-state index contributed by atoms with van der Waals surface area (Å²) in [4.78, 5) is 0. The molecular formula is C15H19NO2. The Balaban J connectivity index is 2.03. The van der Waals surface area contributed by atoms with Gasteiger partial charge in [0.05, 0.1) is 19.4 Å². The average molecular weight is 245 g/mol. The van der Waals surface area contributed by atoms with E-state index in [1.54, 1.807) is 13.4 Å². The molecule has 1 aromatic heterocycles. The lowest BCUT2D eigenvalue weighted by molar-refractivity contribution is 0.399. The van der Waals surface area contributed by atoms with Crippen molar-refractivity contribution in [1.82, 2.24) is 5.32 Å². The van der Waals surface area contributed by atoms with Crippen LogP contribution < -0.4 is 10.1 Å². The summed E-state index contributed by atoms with van der Waals surface area (Å²) in [5.41, 5.74) is 2.40. The van der Waals surface area contributed by atoms with Crippen molar-refractivity contribution in [2.45, 2.75) is 26.4 Å². The standard InChI is InChI=1S/C15H19NO2/c1-11-6-7-15(17-3)13(9-11)10-16-12(2)14-5-4-8-18-14/h4-9,12,16H,10H2,1-3H3. The topological polar surface area (TPSA) is 34.4 Å². The zero-order valence-corrected chi connectivity index (χ0v) is 11.1. The lowest BCUT2D eigenvalue weighted by Gasteiger charge is -2.14. The van der Waals surface area contributed by atoms with Gasteiger partial charge in [0, 0.05) is 12.1 Å². The highest BCUT2D eigenvalue weighted by Crippen LogP contribution is 2.21. The van der Waals surface area contributed by atoms with Gasteiger partial charge in [-0.15, -0.1) is 0 Å². The van der Waals surface area contributed by atoms with E-state index in [1.165, 1.54) is 5.56 Å². The molecule has 0 fully saturated rings. The molecule has 1 unspecified atom stereocenters. The molecule has 2 rings (SSSR count). The number of hydrogen-bond donors (Lipinski definition) is 1. The molecule has 3 nitrogen and oxygen atoms in total. The van der Waals surface area contributed by atoms with Crippen LogP contribution in [0, 0.1) is 6.92 Å². The minimum absolute atomic E-state index is 0.185. The van der Waals surface area contributed by atoms with E-state index in [0.717, 1.165) is 23.6 Å². The van der Waals surface area contributed by atoms with Crippen LogP contribution in [-0.2, 0) is 6.54 Å². The lowest BCUT2D eigenvalue weighted by atomic mass is 10.1. The number of rotatable bonds is 5. The maximum absolute atomic E-state index is 5.37. The van der Waals surface area contributed by atoms with E-state index in [4.69, 9.17) is 9.15 Å². The van der Waals surface area contributed by atoms with Crippen molar-refractivity contribution < 1.29 is 9.15 Å². The fourth-order valence-electron chi connectivity index (χ4n) is 1.95. The van der Waals surface area contributed by atoms with E-state index >= 15 is 0 Å². The number of furan rings is 1. The number of ether oxygens (including phenoxy) is 1. The largest absolute Gasteiger partial charge is 0.496 e. The van der Waals surface area contributed by atoms with Gasteiger partial charge in [0.1, 0.15) is 11.5 Å². The molecule has 0 saturated heterocycles. The van der Waals surface area contributed by atoms with Crippen molar-refractivity contribution in [3.8, 4) is 5.75 Å². The minimum Gasteiger partial charge on any atom is -0.496 e. The Morgan fingerprint density at radius 1 is 1.33 bits per heavy atom. The highest BCUT2D eigenvalue weighted by Gasteiger charge is 2.09. The summed E-state index contributed by atoms with van der Waals surface area (Å²) in [7, 11) is 1.70. The van der Waals surface area contributed by atoms with Gasteiger partial charge < -0.3 is 14.5 Å². The summed E-state index contributed by atoms with van der Waals surface area (Å²) in [6, 6.07) is 10.3. The number of methoxy groups -OCH3 is 1. The van der Waals surface area contributed by atoms with Gasteiger partial charge in [-0.1, -0.05) is 17.7 Å². The molecule has 0 aliphatic rings. The fraction of sp³-hybridized carbons (Fsp3) is 0.333. The van der Waals surface area contributed by atoms with Gasteiger partial charge in [0.25, 0.3) is 0 Å². The highest BCUT2D eigenvalue weighted by atomic mass is 16.5. The molecular weight excluding hydrogens is 226 g/mol. The van der Waals surface area contributed by atoms with Crippen LogP contribution in [0.3, 0.4) is 0 Å². The number of benzene rings is 1. The quantitative estimate of drug-likeness (QED) is 0.876.